The molecule has 0 radical (unpaired) electrons. The van der Waals surface area contributed by atoms with Crippen LogP contribution in [0.2, 0.25) is 0 Å². The number of hydrogen-bond acceptors (Lipinski definition) is 7. The van der Waals surface area contributed by atoms with Crippen LogP contribution in [-0.2, 0) is 13.7 Å². The third kappa shape index (κ3) is 6.50. The molecule has 0 rings (SSSR count). The molecule has 7 heteroatoms. The Morgan fingerprint density at radius 3 is 1.71 bits per heavy atom. The van der Waals surface area contributed by atoms with Gasteiger partial charge in [0.15, 0.2) is 24.6 Å². The average Bonchev–Trinajstić information content (AvgIpc) is 1.69. The van der Waals surface area contributed by atoms with Crippen LogP contribution in [0.1, 0.15) is 0 Å². The molecule has 0 aromatic rings. The van der Waals surface area contributed by atoms with E-state index in [0.29, 0.717) is 0 Å². The molecule has 0 heterocycles. The Morgan fingerprint density at radius 1 is 1.00 bits per heavy atom. The van der Waals surface area contributed by atoms with Gasteiger partial charge in [-0.3, -0.25) is 0 Å². The van der Waals surface area contributed by atoms with E-state index in [-0.39, 0.29) is 24.6 Å². The van der Waals surface area contributed by atoms with Gasteiger partial charge in [0.2, 0.25) is 0 Å². The van der Waals surface area contributed by atoms with E-state index in [1.807, 2.05) is 0 Å². The van der Waals surface area contributed by atoms with Crippen LogP contribution in [0.4, 0.5) is 0 Å². The summed E-state index contributed by atoms with van der Waals surface area (Å²) < 4.78 is 22.7. The molecule has 0 spiro atoms. The van der Waals surface area contributed by atoms with Crippen LogP contribution >= 0.6 is 24.6 Å². The molecule has 0 aliphatic carbocycles. The number of hydrogen-bond donors (Lipinski definition) is 2. The van der Waals surface area contributed by atoms with Crippen LogP contribution in [0.15, 0.2) is 0 Å². The van der Waals surface area contributed by atoms with Crippen molar-refractivity contribution in [2.45, 2.75) is 0 Å². The average molecular weight is 146 g/mol. The van der Waals surface area contributed by atoms with Crippen molar-refractivity contribution in [2.75, 3.05) is 0 Å². The topological polar surface area (TPSA) is 68.2 Å². The monoisotopic (exact) mass is 146 g/mol. The number of rotatable bonds is 4. The summed E-state index contributed by atoms with van der Waals surface area (Å²) in [4.78, 5) is 0. The highest BCUT2D eigenvalue weighted by Crippen LogP contribution is 2.00. The maximum Gasteiger partial charge on any atom is 0.194 e. The van der Waals surface area contributed by atoms with Gasteiger partial charge >= 0.3 is 0 Å². The van der Waals surface area contributed by atoms with E-state index in [9.17, 15) is 0 Å². The van der Waals surface area contributed by atoms with Gasteiger partial charge in [-0.25, -0.2) is 0 Å². The van der Waals surface area contributed by atoms with E-state index in [1.165, 1.54) is 0 Å². The standard InChI is InChI=1S/H2O5S2/c1-6-4-3-5-7-2/h1-2H. The van der Waals surface area contributed by atoms with E-state index >= 15 is 0 Å². The summed E-state index contributed by atoms with van der Waals surface area (Å²) in [6.07, 6.45) is 0. The molecule has 0 saturated carbocycles. The lowest BCUT2D eigenvalue weighted by molar-refractivity contribution is -0.400. The zero-order valence-electron chi connectivity index (χ0n) is 2.94. The van der Waals surface area contributed by atoms with E-state index in [4.69, 9.17) is 9.11 Å². The van der Waals surface area contributed by atoms with Gasteiger partial charge in [0.1, 0.15) is 0 Å². The minimum Gasteiger partial charge on any atom is -0.305 e. The lowest BCUT2D eigenvalue weighted by Crippen LogP contribution is -1.79. The normalized spacial score (nSPS) is 9.43. The van der Waals surface area contributed by atoms with Crippen molar-refractivity contribution in [3.8, 4) is 0 Å². The molecule has 7 heavy (non-hydrogen) atoms. The van der Waals surface area contributed by atoms with Gasteiger partial charge in [0.25, 0.3) is 0 Å². The molecule has 0 atom stereocenters. The smallest absolute Gasteiger partial charge is 0.194 e. The van der Waals surface area contributed by atoms with E-state index in [0.717, 1.165) is 0 Å². The van der Waals surface area contributed by atoms with E-state index < -0.39 is 0 Å². The molecule has 0 aliphatic heterocycles. The quantitative estimate of drug-likeness (QED) is 0.266. The highest BCUT2D eigenvalue weighted by Gasteiger charge is 1.83. The molecular weight excluding hydrogens is 144 g/mol. The molecule has 0 aromatic heterocycles. The second-order valence-electron chi connectivity index (χ2n) is 0.353. The van der Waals surface area contributed by atoms with Crippen LogP contribution in [0, 0.1) is 0 Å². The van der Waals surface area contributed by atoms with Crippen LogP contribution in [-0.4, -0.2) is 9.11 Å². The summed E-state index contributed by atoms with van der Waals surface area (Å²) in [5, 5.41) is 3.56. The molecule has 5 nitrogen and oxygen atoms in total. The fraction of sp³-hybridized carbons (Fsp3) is 0. The second kappa shape index (κ2) is 6.50. The van der Waals surface area contributed by atoms with Gasteiger partial charge in [-0.15, -0.1) is 8.67 Å². The summed E-state index contributed by atoms with van der Waals surface area (Å²) in [5.74, 6) is 0. The van der Waals surface area contributed by atoms with Crippen LogP contribution in [0.5, 0.6) is 0 Å². The molecule has 2 N–H and O–H groups in total. The van der Waals surface area contributed by atoms with Gasteiger partial charge in [-0.05, 0) is 5.04 Å². The molecule has 0 aliphatic rings. The van der Waals surface area contributed by atoms with Crippen molar-refractivity contribution in [1.29, 1.82) is 0 Å². The fourth-order valence-electron chi connectivity index (χ4n) is 0.0362. The van der Waals surface area contributed by atoms with Gasteiger partial charge in [-0.1, -0.05) is 0 Å². The van der Waals surface area contributed by atoms with Crippen molar-refractivity contribution in [1.82, 2.24) is 0 Å². The first-order chi connectivity index (χ1) is 3.41. The lowest BCUT2D eigenvalue weighted by atomic mass is 14.6. The van der Waals surface area contributed by atoms with Crippen molar-refractivity contribution >= 4 is 24.6 Å². The summed E-state index contributed by atoms with van der Waals surface area (Å²) in [6.45, 7) is 0. The molecule has 0 amide bonds. The molecule has 0 fully saturated rings. The minimum absolute atomic E-state index is 0.0301. The Bertz CT molecular complexity index is 25.3. The fourth-order valence-corrected chi connectivity index (χ4v) is 0.177. The van der Waals surface area contributed by atoms with Crippen LogP contribution in [0.25, 0.3) is 0 Å². The Hall–Kier alpha value is 0.500. The van der Waals surface area contributed by atoms with Crippen LogP contribution in [0.3, 0.4) is 0 Å². The highest BCUT2D eigenvalue weighted by molar-refractivity contribution is 7.89. The van der Waals surface area contributed by atoms with Crippen molar-refractivity contribution < 1.29 is 22.8 Å². The first-order valence-corrected chi connectivity index (χ1v) is 2.43. The second-order valence-corrected chi connectivity index (χ2v) is 0.924. The molecule has 0 unspecified atom stereocenters. The summed E-state index contributed by atoms with van der Waals surface area (Å²) in [5.41, 5.74) is 0. The van der Waals surface area contributed by atoms with Gasteiger partial charge in [0, 0.05) is 0 Å². The molecule has 0 bridgehead atoms. The summed E-state index contributed by atoms with van der Waals surface area (Å²) in [6, 6.07) is 0. The first kappa shape index (κ1) is 7.50. The SMILES string of the molecule is OSOOOSO. The maximum absolute atomic E-state index is 7.69. The molecule has 44 valence electrons. The predicted molar refractivity (Wildman–Crippen MR) is 23.7 cm³/mol. The summed E-state index contributed by atoms with van der Waals surface area (Å²) >= 11 is -0.0602. The van der Waals surface area contributed by atoms with Crippen molar-refractivity contribution in [3.05, 3.63) is 0 Å². The minimum atomic E-state index is -0.0301. The summed E-state index contributed by atoms with van der Waals surface area (Å²) in [7, 11) is 0. The zero-order valence-corrected chi connectivity index (χ0v) is 4.57. The van der Waals surface area contributed by atoms with Crippen molar-refractivity contribution in [3.63, 3.8) is 0 Å². The lowest BCUT2D eigenvalue weighted by Gasteiger charge is -1.88. The van der Waals surface area contributed by atoms with Gasteiger partial charge in [0.05, 0.1) is 0 Å². The maximum atomic E-state index is 7.69. The third-order valence-electron chi connectivity index (χ3n) is 0.116. The largest absolute Gasteiger partial charge is 0.305 e. The highest BCUT2D eigenvalue weighted by atomic mass is 32.2. The van der Waals surface area contributed by atoms with Gasteiger partial charge < -0.3 is 9.11 Å². The Morgan fingerprint density at radius 2 is 1.43 bits per heavy atom. The zero-order chi connectivity index (χ0) is 5.54. The van der Waals surface area contributed by atoms with E-state index in [2.05, 4.69) is 13.7 Å². The molecule has 0 aromatic carbocycles. The van der Waals surface area contributed by atoms with Crippen LogP contribution < -0.4 is 0 Å². The third-order valence-corrected chi connectivity index (χ3v) is 0.349. The molecular formula is H2O5S2. The van der Waals surface area contributed by atoms with Crippen molar-refractivity contribution in [2.24, 2.45) is 0 Å². The predicted octanol–water partition coefficient (Wildman–Crippen LogP) is 1.11. The van der Waals surface area contributed by atoms with E-state index in [1.54, 1.807) is 0 Å². The Labute approximate surface area is 48.2 Å². The Kier molecular flexibility index (Phi) is 6.96. The van der Waals surface area contributed by atoms with Gasteiger partial charge in [-0.2, -0.15) is 0 Å². The first-order valence-electron chi connectivity index (χ1n) is 1.03. The molecule has 0 saturated heterocycles. The Balaban J connectivity index is 2.45.